The van der Waals surface area contributed by atoms with Crippen LogP contribution >= 0.6 is 0 Å². The number of ether oxygens (including phenoxy) is 1. The molecule has 3 heteroatoms. The maximum atomic E-state index is 12.6. The zero-order valence-corrected chi connectivity index (χ0v) is 13.0. The molecule has 2 aliphatic carbocycles. The van der Waals surface area contributed by atoms with Crippen molar-refractivity contribution in [2.75, 3.05) is 0 Å². The standard InChI is InChI=1S/C18H22O3/c1-17(2,3)21-16(20)18(9-4-10-18)13-6-7-14-12(11-13)5-8-15(14)19/h6-7,11H,4-5,8-10H2,1-3H3. The third-order valence-corrected chi connectivity index (χ3v) is 4.58. The summed E-state index contributed by atoms with van der Waals surface area (Å²) in [7, 11) is 0. The average Bonchev–Trinajstić information content (AvgIpc) is 2.67. The van der Waals surface area contributed by atoms with Gasteiger partial charge in [-0.15, -0.1) is 0 Å². The van der Waals surface area contributed by atoms with Gasteiger partial charge in [-0.2, -0.15) is 0 Å². The van der Waals surface area contributed by atoms with Crippen LogP contribution in [0.5, 0.6) is 0 Å². The van der Waals surface area contributed by atoms with Crippen LogP contribution < -0.4 is 0 Å². The molecule has 1 saturated carbocycles. The van der Waals surface area contributed by atoms with Crippen LogP contribution in [-0.2, 0) is 21.4 Å². The lowest BCUT2D eigenvalue weighted by Crippen LogP contribution is -2.46. The number of carbonyl (C=O) groups excluding carboxylic acids is 2. The number of hydrogen-bond acceptors (Lipinski definition) is 3. The minimum atomic E-state index is -0.492. The summed E-state index contributed by atoms with van der Waals surface area (Å²) < 4.78 is 5.63. The number of carbonyl (C=O) groups is 2. The van der Waals surface area contributed by atoms with Crippen molar-refractivity contribution in [2.24, 2.45) is 0 Å². The van der Waals surface area contributed by atoms with E-state index in [2.05, 4.69) is 6.07 Å². The Morgan fingerprint density at radius 2 is 1.90 bits per heavy atom. The Balaban J connectivity index is 1.93. The van der Waals surface area contributed by atoms with Crippen LogP contribution in [0.1, 0.15) is 67.9 Å². The van der Waals surface area contributed by atoms with Crippen molar-refractivity contribution in [1.82, 2.24) is 0 Å². The fraction of sp³-hybridized carbons (Fsp3) is 0.556. The summed E-state index contributed by atoms with van der Waals surface area (Å²) >= 11 is 0. The molecule has 0 aliphatic heterocycles. The van der Waals surface area contributed by atoms with E-state index in [9.17, 15) is 9.59 Å². The van der Waals surface area contributed by atoms with E-state index in [0.29, 0.717) is 6.42 Å². The largest absolute Gasteiger partial charge is 0.459 e. The molecule has 1 aromatic carbocycles. The fourth-order valence-corrected chi connectivity index (χ4v) is 3.27. The summed E-state index contributed by atoms with van der Waals surface area (Å²) in [5.41, 5.74) is 1.99. The van der Waals surface area contributed by atoms with Crippen LogP contribution in [-0.4, -0.2) is 17.4 Å². The predicted molar refractivity (Wildman–Crippen MR) is 80.5 cm³/mol. The van der Waals surface area contributed by atoms with Gasteiger partial charge in [0.25, 0.3) is 0 Å². The number of rotatable bonds is 2. The summed E-state index contributed by atoms with van der Waals surface area (Å²) in [6.45, 7) is 5.70. The summed E-state index contributed by atoms with van der Waals surface area (Å²) in [6, 6.07) is 5.90. The van der Waals surface area contributed by atoms with Gasteiger partial charge in [-0.05, 0) is 51.2 Å². The van der Waals surface area contributed by atoms with E-state index < -0.39 is 11.0 Å². The number of ketones is 1. The molecule has 0 amide bonds. The predicted octanol–water partition coefficient (Wildman–Crippen LogP) is 3.58. The molecule has 112 valence electrons. The Morgan fingerprint density at radius 1 is 1.19 bits per heavy atom. The van der Waals surface area contributed by atoms with Gasteiger partial charge in [-0.25, -0.2) is 0 Å². The number of Topliss-reactive ketones (excluding diaryl/α,β-unsaturated/α-hetero) is 1. The molecule has 0 bridgehead atoms. The van der Waals surface area contributed by atoms with Crippen LogP contribution in [0.3, 0.4) is 0 Å². The topological polar surface area (TPSA) is 43.4 Å². The maximum Gasteiger partial charge on any atom is 0.317 e. The van der Waals surface area contributed by atoms with Gasteiger partial charge in [0.05, 0.1) is 5.41 Å². The Morgan fingerprint density at radius 3 is 2.48 bits per heavy atom. The summed E-state index contributed by atoms with van der Waals surface area (Å²) in [5, 5.41) is 0. The van der Waals surface area contributed by atoms with Crippen molar-refractivity contribution >= 4 is 11.8 Å². The van der Waals surface area contributed by atoms with Gasteiger partial charge >= 0.3 is 5.97 Å². The molecule has 0 spiro atoms. The van der Waals surface area contributed by atoms with Crippen molar-refractivity contribution in [2.45, 2.75) is 63.9 Å². The molecule has 0 radical (unpaired) electrons. The number of hydrogen-bond donors (Lipinski definition) is 0. The molecule has 0 aromatic heterocycles. The molecule has 0 atom stereocenters. The van der Waals surface area contributed by atoms with Crippen LogP contribution in [0.2, 0.25) is 0 Å². The summed E-state index contributed by atoms with van der Waals surface area (Å²) in [6.07, 6.45) is 4.13. The first-order valence-electron chi connectivity index (χ1n) is 7.72. The molecule has 21 heavy (non-hydrogen) atoms. The van der Waals surface area contributed by atoms with Crippen molar-refractivity contribution in [3.63, 3.8) is 0 Å². The van der Waals surface area contributed by atoms with Gasteiger partial charge in [-0.1, -0.05) is 24.6 Å². The highest BCUT2D eigenvalue weighted by atomic mass is 16.6. The second-order valence-corrected chi connectivity index (χ2v) is 7.23. The van der Waals surface area contributed by atoms with Crippen LogP contribution in [0.25, 0.3) is 0 Å². The van der Waals surface area contributed by atoms with Gasteiger partial charge in [0.1, 0.15) is 5.60 Å². The van der Waals surface area contributed by atoms with Gasteiger partial charge < -0.3 is 4.74 Å². The van der Waals surface area contributed by atoms with Crippen molar-refractivity contribution in [3.05, 3.63) is 34.9 Å². The first-order valence-corrected chi connectivity index (χ1v) is 7.72. The summed E-state index contributed by atoms with van der Waals surface area (Å²) in [5.74, 6) is 0.0991. The van der Waals surface area contributed by atoms with Crippen LogP contribution in [0.15, 0.2) is 18.2 Å². The molecule has 0 N–H and O–H groups in total. The molecule has 3 rings (SSSR count). The first kappa shape index (κ1) is 14.3. The number of benzene rings is 1. The molecule has 1 fully saturated rings. The van der Waals surface area contributed by atoms with Crippen molar-refractivity contribution in [3.8, 4) is 0 Å². The normalized spacial score (nSPS) is 19.9. The van der Waals surface area contributed by atoms with Crippen LogP contribution in [0, 0.1) is 0 Å². The quantitative estimate of drug-likeness (QED) is 0.780. The Bertz CT molecular complexity index is 603. The second kappa shape index (κ2) is 4.69. The van der Waals surface area contributed by atoms with Gasteiger partial charge in [0, 0.05) is 12.0 Å². The lowest BCUT2D eigenvalue weighted by Gasteiger charge is -2.41. The molecule has 0 heterocycles. The third kappa shape index (κ3) is 2.39. The summed E-state index contributed by atoms with van der Waals surface area (Å²) in [4.78, 5) is 24.4. The molecule has 3 nitrogen and oxygen atoms in total. The second-order valence-electron chi connectivity index (χ2n) is 7.23. The number of esters is 1. The zero-order valence-electron chi connectivity index (χ0n) is 13.0. The Hall–Kier alpha value is -1.64. The first-order chi connectivity index (χ1) is 9.82. The smallest absolute Gasteiger partial charge is 0.317 e. The van der Waals surface area contributed by atoms with E-state index in [4.69, 9.17) is 4.74 Å². The minimum Gasteiger partial charge on any atom is -0.459 e. The van der Waals surface area contributed by atoms with Crippen molar-refractivity contribution in [1.29, 1.82) is 0 Å². The minimum absolute atomic E-state index is 0.120. The van der Waals surface area contributed by atoms with E-state index in [-0.39, 0.29) is 11.8 Å². The van der Waals surface area contributed by atoms with Gasteiger partial charge in [-0.3, -0.25) is 9.59 Å². The monoisotopic (exact) mass is 286 g/mol. The van der Waals surface area contributed by atoms with Crippen molar-refractivity contribution < 1.29 is 14.3 Å². The van der Waals surface area contributed by atoms with E-state index in [0.717, 1.165) is 42.4 Å². The molecular formula is C18H22O3. The lowest BCUT2D eigenvalue weighted by molar-refractivity contribution is -0.166. The highest BCUT2D eigenvalue weighted by Gasteiger charge is 2.48. The Labute approximate surface area is 125 Å². The number of aryl methyl sites for hydroxylation is 1. The van der Waals surface area contributed by atoms with Gasteiger partial charge in [0.2, 0.25) is 0 Å². The average molecular weight is 286 g/mol. The maximum absolute atomic E-state index is 12.6. The van der Waals surface area contributed by atoms with E-state index >= 15 is 0 Å². The van der Waals surface area contributed by atoms with E-state index in [1.807, 2.05) is 32.9 Å². The SMILES string of the molecule is CC(C)(C)OC(=O)C1(c2ccc3c(c2)CCC3=O)CCC1. The van der Waals surface area contributed by atoms with Crippen LogP contribution in [0.4, 0.5) is 0 Å². The zero-order chi connectivity index (χ0) is 15.3. The van der Waals surface area contributed by atoms with E-state index in [1.54, 1.807) is 0 Å². The number of fused-ring (bicyclic) bond motifs is 1. The lowest BCUT2D eigenvalue weighted by atomic mass is 9.64. The fourth-order valence-electron chi connectivity index (χ4n) is 3.27. The van der Waals surface area contributed by atoms with Gasteiger partial charge in [0.15, 0.2) is 5.78 Å². The molecular weight excluding hydrogens is 264 g/mol. The third-order valence-electron chi connectivity index (χ3n) is 4.58. The highest BCUT2D eigenvalue weighted by Crippen LogP contribution is 2.46. The molecule has 1 aromatic rings. The Kier molecular flexibility index (Phi) is 3.19. The highest BCUT2D eigenvalue weighted by molar-refractivity contribution is 6.00. The molecule has 0 unspecified atom stereocenters. The van der Waals surface area contributed by atoms with E-state index in [1.165, 1.54) is 0 Å². The molecule has 0 saturated heterocycles. The molecule has 2 aliphatic rings.